The van der Waals surface area contributed by atoms with Gasteiger partial charge in [0.05, 0.1) is 5.56 Å². The zero-order valence-corrected chi connectivity index (χ0v) is 7.00. The molecule has 1 aliphatic heterocycles. The molecular weight excluding hydrogens is 172 g/mol. The van der Waals surface area contributed by atoms with Crippen LogP contribution in [-0.2, 0) is 11.3 Å². The van der Waals surface area contributed by atoms with Gasteiger partial charge in [-0.3, -0.25) is 0 Å². The number of hydrogen-bond acceptors (Lipinski definition) is 4. The highest BCUT2D eigenvalue weighted by molar-refractivity contribution is 5.96. The molecule has 4 heteroatoms. The fourth-order valence-electron chi connectivity index (χ4n) is 1.49. The van der Waals surface area contributed by atoms with Crippen molar-refractivity contribution in [3.63, 3.8) is 0 Å². The van der Waals surface area contributed by atoms with Crippen molar-refractivity contribution in [2.24, 2.45) is 0 Å². The van der Waals surface area contributed by atoms with Crippen LogP contribution in [0.3, 0.4) is 0 Å². The third kappa shape index (κ3) is 0.950. The Morgan fingerprint density at radius 1 is 1.46 bits per heavy atom. The molecular formula is C9H8O4. The molecule has 0 radical (unpaired) electrons. The summed E-state index contributed by atoms with van der Waals surface area (Å²) in [7, 11) is 0. The van der Waals surface area contributed by atoms with Crippen LogP contribution in [0.4, 0.5) is 0 Å². The summed E-state index contributed by atoms with van der Waals surface area (Å²) in [5.41, 5.74) is 1.37. The third-order valence-corrected chi connectivity index (χ3v) is 2.13. The number of phenols is 2. The molecule has 1 aromatic rings. The van der Waals surface area contributed by atoms with Crippen molar-refractivity contribution in [3.05, 3.63) is 22.8 Å². The summed E-state index contributed by atoms with van der Waals surface area (Å²) < 4.78 is 4.73. The molecule has 0 bridgehead atoms. The summed E-state index contributed by atoms with van der Waals surface area (Å²) in [5, 5.41) is 18.6. The van der Waals surface area contributed by atoms with E-state index in [2.05, 4.69) is 0 Å². The van der Waals surface area contributed by atoms with E-state index in [0.29, 0.717) is 16.7 Å². The number of rotatable bonds is 0. The fraction of sp³-hybridized carbons (Fsp3) is 0.222. The Hall–Kier alpha value is -1.71. The van der Waals surface area contributed by atoms with Crippen molar-refractivity contribution in [1.29, 1.82) is 0 Å². The zero-order valence-electron chi connectivity index (χ0n) is 7.00. The minimum Gasteiger partial charge on any atom is -0.504 e. The maximum absolute atomic E-state index is 11.1. The average Bonchev–Trinajstić information content (AvgIpc) is 2.44. The minimum atomic E-state index is -0.442. The smallest absolute Gasteiger partial charge is 0.339 e. The lowest BCUT2D eigenvalue weighted by atomic mass is 10.0. The second kappa shape index (κ2) is 2.39. The van der Waals surface area contributed by atoms with Crippen LogP contribution in [0.25, 0.3) is 0 Å². The molecule has 0 aromatic heterocycles. The Labute approximate surface area is 74.4 Å². The molecule has 0 spiro atoms. The average molecular weight is 180 g/mol. The van der Waals surface area contributed by atoms with Crippen molar-refractivity contribution >= 4 is 5.97 Å². The van der Waals surface area contributed by atoms with Gasteiger partial charge in [-0.2, -0.15) is 0 Å². The van der Waals surface area contributed by atoms with Gasteiger partial charge >= 0.3 is 5.97 Å². The number of hydrogen-bond donors (Lipinski definition) is 2. The molecule has 0 atom stereocenters. The monoisotopic (exact) mass is 180 g/mol. The van der Waals surface area contributed by atoms with E-state index in [0.717, 1.165) is 0 Å². The number of carbonyl (C=O) groups excluding carboxylic acids is 1. The van der Waals surface area contributed by atoms with Crippen LogP contribution < -0.4 is 0 Å². The quantitative estimate of drug-likeness (QED) is 0.463. The lowest BCUT2D eigenvalue weighted by molar-refractivity contribution is 0.0534. The zero-order chi connectivity index (χ0) is 9.59. The van der Waals surface area contributed by atoms with Gasteiger partial charge < -0.3 is 14.9 Å². The van der Waals surface area contributed by atoms with Gasteiger partial charge in [-0.15, -0.1) is 0 Å². The van der Waals surface area contributed by atoms with E-state index in [4.69, 9.17) is 4.74 Å². The predicted molar refractivity (Wildman–Crippen MR) is 43.6 cm³/mol. The van der Waals surface area contributed by atoms with Crippen molar-refractivity contribution in [2.45, 2.75) is 13.5 Å². The molecule has 2 rings (SSSR count). The van der Waals surface area contributed by atoms with Crippen molar-refractivity contribution < 1.29 is 19.7 Å². The summed E-state index contributed by atoms with van der Waals surface area (Å²) in [4.78, 5) is 11.1. The largest absolute Gasteiger partial charge is 0.504 e. The minimum absolute atomic E-state index is 0.0369. The van der Waals surface area contributed by atoms with Gasteiger partial charge in [0.25, 0.3) is 0 Å². The molecule has 0 unspecified atom stereocenters. The molecule has 0 saturated heterocycles. The summed E-state index contributed by atoms with van der Waals surface area (Å²) in [6, 6.07) is 1.35. The molecule has 0 aliphatic carbocycles. The first-order valence-electron chi connectivity index (χ1n) is 3.83. The Balaban J connectivity index is 2.76. The van der Waals surface area contributed by atoms with E-state index >= 15 is 0 Å². The number of aryl methyl sites for hydroxylation is 1. The van der Waals surface area contributed by atoms with Crippen LogP contribution in [-0.4, -0.2) is 16.2 Å². The van der Waals surface area contributed by atoms with Gasteiger partial charge in [0.15, 0.2) is 11.5 Å². The van der Waals surface area contributed by atoms with E-state index in [1.165, 1.54) is 6.07 Å². The summed E-state index contributed by atoms with van der Waals surface area (Å²) in [6.45, 7) is 1.72. The number of aromatic hydroxyl groups is 2. The summed E-state index contributed by atoms with van der Waals surface area (Å²) in [5.74, 6) is -0.913. The Morgan fingerprint density at radius 2 is 2.15 bits per heavy atom. The number of phenolic OH excluding ortho intramolecular Hbond substituents is 2. The van der Waals surface area contributed by atoms with E-state index in [1.54, 1.807) is 6.92 Å². The molecule has 0 saturated carbocycles. The molecule has 4 nitrogen and oxygen atoms in total. The fourth-order valence-corrected chi connectivity index (χ4v) is 1.49. The van der Waals surface area contributed by atoms with Gasteiger partial charge in [-0.05, 0) is 18.6 Å². The number of cyclic esters (lactones) is 1. The van der Waals surface area contributed by atoms with Crippen molar-refractivity contribution in [3.8, 4) is 11.5 Å². The molecule has 1 aliphatic rings. The van der Waals surface area contributed by atoms with Crippen LogP contribution in [0.2, 0.25) is 0 Å². The topological polar surface area (TPSA) is 66.8 Å². The molecule has 0 amide bonds. The molecule has 13 heavy (non-hydrogen) atoms. The first-order valence-corrected chi connectivity index (χ1v) is 3.83. The molecule has 1 aromatic carbocycles. The number of fused-ring (bicyclic) bond motifs is 1. The molecule has 68 valence electrons. The highest BCUT2D eigenvalue weighted by atomic mass is 16.5. The van der Waals surface area contributed by atoms with Gasteiger partial charge in [-0.25, -0.2) is 4.79 Å². The number of carbonyl (C=O) groups is 1. The van der Waals surface area contributed by atoms with Crippen LogP contribution in [0, 0.1) is 6.92 Å². The van der Waals surface area contributed by atoms with Crippen LogP contribution >= 0.6 is 0 Å². The first-order chi connectivity index (χ1) is 6.11. The second-order valence-corrected chi connectivity index (χ2v) is 2.99. The maximum Gasteiger partial charge on any atom is 0.339 e. The van der Waals surface area contributed by atoms with Gasteiger partial charge in [0, 0.05) is 5.56 Å². The van der Waals surface area contributed by atoms with E-state index in [9.17, 15) is 15.0 Å². The van der Waals surface area contributed by atoms with Crippen molar-refractivity contribution in [1.82, 2.24) is 0 Å². The highest BCUT2D eigenvalue weighted by Gasteiger charge is 2.28. The molecule has 0 fully saturated rings. The van der Waals surface area contributed by atoms with Gasteiger partial charge in [-0.1, -0.05) is 0 Å². The SMILES string of the molecule is Cc1cc(O)c(O)c2c1C(=O)OC2. The Morgan fingerprint density at radius 3 is 2.85 bits per heavy atom. The predicted octanol–water partition coefficient (Wildman–Crippen LogP) is 1.08. The number of ether oxygens (including phenoxy) is 1. The van der Waals surface area contributed by atoms with E-state index < -0.39 is 5.97 Å². The standard InChI is InChI=1S/C9H8O4/c1-4-2-6(10)8(11)5-3-13-9(12)7(4)5/h2,10-11H,3H2,1H3. The van der Waals surface area contributed by atoms with Gasteiger partial charge in [0.1, 0.15) is 6.61 Å². The molecule has 1 heterocycles. The van der Waals surface area contributed by atoms with Crippen molar-refractivity contribution in [2.75, 3.05) is 0 Å². The van der Waals surface area contributed by atoms with Crippen LogP contribution in [0.5, 0.6) is 11.5 Å². The molecule has 2 N–H and O–H groups in total. The lowest BCUT2D eigenvalue weighted by Crippen LogP contribution is -1.96. The van der Waals surface area contributed by atoms with E-state index in [-0.39, 0.29) is 18.1 Å². The summed E-state index contributed by atoms with van der Waals surface area (Å²) in [6.07, 6.45) is 0. The Bertz CT molecular complexity index is 395. The maximum atomic E-state index is 11.1. The first kappa shape index (κ1) is 7.91. The number of benzene rings is 1. The van der Waals surface area contributed by atoms with Crippen LogP contribution in [0.15, 0.2) is 6.07 Å². The van der Waals surface area contributed by atoms with E-state index in [1.807, 2.05) is 0 Å². The van der Waals surface area contributed by atoms with Gasteiger partial charge in [0.2, 0.25) is 0 Å². The summed E-state index contributed by atoms with van der Waals surface area (Å²) >= 11 is 0. The van der Waals surface area contributed by atoms with Crippen LogP contribution in [0.1, 0.15) is 21.5 Å². The lowest BCUT2D eigenvalue weighted by Gasteiger charge is -2.04. The highest BCUT2D eigenvalue weighted by Crippen LogP contribution is 2.37. The Kier molecular flexibility index (Phi) is 1.45. The second-order valence-electron chi connectivity index (χ2n) is 2.99. The number of esters is 1. The third-order valence-electron chi connectivity index (χ3n) is 2.13. The normalized spacial score (nSPS) is 14.1.